The Morgan fingerprint density at radius 2 is 2.00 bits per heavy atom. The van der Waals surface area contributed by atoms with Gasteiger partial charge in [-0.15, -0.1) is 0 Å². The lowest BCUT2D eigenvalue weighted by Gasteiger charge is -2.07. The molecule has 0 saturated heterocycles. The van der Waals surface area contributed by atoms with Crippen LogP contribution in [0, 0.1) is 0 Å². The summed E-state index contributed by atoms with van der Waals surface area (Å²) in [6, 6.07) is 7.93. The van der Waals surface area contributed by atoms with E-state index in [0.717, 1.165) is 30.8 Å². The van der Waals surface area contributed by atoms with Crippen LogP contribution in [0.25, 0.3) is 0 Å². The number of halogens is 1. The Morgan fingerprint density at radius 1 is 1.15 bits per heavy atom. The molecule has 104 valence electrons. The van der Waals surface area contributed by atoms with Crippen molar-refractivity contribution in [2.45, 2.75) is 13.0 Å². The second-order valence-corrected chi connectivity index (χ2v) is 5.00. The Bertz CT molecular complexity index is 590. The smallest absolute Gasteiger partial charge is 0.231 e. The Kier molecular flexibility index (Phi) is 4.04. The number of ether oxygens (including phenoxy) is 2. The van der Waals surface area contributed by atoms with Gasteiger partial charge < -0.3 is 14.8 Å². The van der Waals surface area contributed by atoms with Crippen molar-refractivity contribution in [2.24, 2.45) is 0 Å². The molecule has 0 aliphatic carbocycles. The summed E-state index contributed by atoms with van der Waals surface area (Å²) in [7, 11) is 0. The predicted molar refractivity (Wildman–Crippen MR) is 77.2 cm³/mol. The molecule has 1 aromatic carbocycles. The first-order valence-electron chi connectivity index (χ1n) is 6.50. The Balaban J connectivity index is 1.53. The quantitative estimate of drug-likeness (QED) is 0.860. The highest BCUT2D eigenvalue weighted by Crippen LogP contribution is 2.39. The van der Waals surface area contributed by atoms with Gasteiger partial charge in [0.15, 0.2) is 11.5 Å². The number of benzene rings is 1. The van der Waals surface area contributed by atoms with Gasteiger partial charge in [-0.3, -0.25) is 4.98 Å². The fraction of sp³-hybridized carbons (Fsp3) is 0.267. The van der Waals surface area contributed by atoms with Gasteiger partial charge in [-0.2, -0.15) is 0 Å². The molecule has 5 heteroatoms. The van der Waals surface area contributed by atoms with Crippen molar-refractivity contribution in [3.05, 3.63) is 52.8 Å². The summed E-state index contributed by atoms with van der Waals surface area (Å²) in [5.74, 6) is 1.37. The van der Waals surface area contributed by atoms with Crippen LogP contribution in [0.4, 0.5) is 0 Å². The summed E-state index contributed by atoms with van der Waals surface area (Å²) >= 11 is 6.14. The summed E-state index contributed by atoms with van der Waals surface area (Å²) < 4.78 is 10.6. The van der Waals surface area contributed by atoms with Crippen LogP contribution < -0.4 is 14.8 Å². The minimum Gasteiger partial charge on any atom is -0.454 e. The summed E-state index contributed by atoms with van der Waals surface area (Å²) in [5, 5.41) is 4.00. The zero-order valence-electron chi connectivity index (χ0n) is 10.9. The minimum absolute atomic E-state index is 0.244. The molecule has 0 spiro atoms. The molecule has 2 heterocycles. The number of hydrogen-bond acceptors (Lipinski definition) is 4. The molecule has 2 aromatic rings. The van der Waals surface area contributed by atoms with Gasteiger partial charge in [-0.1, -0.05) is 11.6 Å². The fourth-order valence-corrected chi connectivity index (χ4v) is 2.43. The third-order valence-corrected chi connectivity index (χ3v) is 3.44. The van der Waals surface area contributed by atoms with E-state index in [1.54, 1.807) is 0 Å². The second-order valence-electron chi connectivity index (χ2n) is 4.59. The zero-order chi connectivity index (χ0) is 13.8. The van der Waals surface area contributed by atoms with Crippen LogP contribution >= 0.6 is 11.6 Å². The molecule has 1 N–H and O–H groups in total. The third kappa shape index (κ3) is 3.03. The molecule has 20 heavy (non-hydrogen) atoms. The van der Waals surface area contributed by atoms with Crippen molar-refractivity contribution in [3.63, 3.8) is 0 Å². The summed E-state index contributed by atoms with van der Waals surface area (Å²) in [5.41, 5.74) is 2.37. The minimum atomic E-state index is 0.244. The van der Waals surface area contributed by atoms with Gasteiger partial charge in [0.25, 0.3) is 0 Å². The van der Waals surface area contributed by atoms with E-state index in [0.29, 0.717) is 10.8 Å². The van der Waals surface area contributed by atoms with Crippen LogP contribution in [0.2, 0.25) is 5.02 Å². The van der Waals surface area contributed by atoms with Crippen LogP contribution in [-0.2, 0) is 13.0 Å². The summed E-state index contributed by atoms with van der Waals surface area (Å²) in [6.07, 6.45) is 4.60. The molecule has 1 aromatic heterocycles. The van der Waals surface area contributed by atoms with Crippen molar-refractivity contribution in [3.8, 4) is 11.5 Å². The average Bonchev–Trinajstić information content (AvgIpc) is 2.94. The van der Waals surface area contributed by atoms with Gasteiger partial charge >= 0.3 is 0 Å². The van der Waals surface area contributed by atoms with E-state index in [1.807, 2.05) is 36.7 Å². The summed E-state index contributed by atoms with van der Waals surface area (Å²) in [4.78, 5) is 4.00. The molecule has 0 bridgehead atoms. The Hall–Kier alpha value is -1.78. The van der Waals surface area contributed by atoms with E-state index in [9.17, 15) is 0 Å². The van der Waals surface area contributed by atoms with Gasteiger partial charge in [0.05, 0.1) is 5.02 Å². The highest BCUT2D eigenvalue weighted by Gasteiger charge is 2.17. The maximum Gasteiger partial charge on any atom is 0.231 e. The van der Waals surface area contributed by atoms with Crippen molar-refractivity contribution >= 4 is 11.6 Å². The number of rotatable bonds is 5. The molecule has 4 nitrogen and oxygen atoms in total. The normalized spacial score (nSPS) is 12.7. The van der Waals surface area contributed by atoms with Crippen LogP contribution in [0.3, 0.4) is 0 Å². The van der Waals surface area contributed by atoms with Gasteiger partial charge in [0, 0.05) is 18.9 Å². The lowest BCUT2D eigenvalue weighted by molar-refractivity contribution is 0.174. The van der Waals surface area contributed by atoms with E-state index in [4.69, 9.17) is 21.1 Å². The first kappa shape index (κ1) is 13.2. The largest absolute Gasteiger partial charge is 0.454 e. The molecule has 0 fully saturated rings. The maximum absolute atomic E-state index is 6.14. The predicted octanol–water partition coefficient (Wildman–Crippen LogP) is 2.80. The number of pyridine rings is 1. The maximum atomic E-state index is 6.14. The van der Waals surface area contributed by atoms with E-state index in [2.05, 4.69) is 10.3 Å². The number of hydrogen-bond donors (Lipinski definition) is 1. The van der Waals surface area contributed by atoms with Gasteiger partial charge in [-0.25, -0.2) is 0 Å². The van der Waals surface area contributed by atoms with Crippen molar-refractivity contribution < 1.29 is 9.47 Å². The van der Waals surface area contributed by atoms with Gasteiger partial charge in [-0.05, 0) is 48.4 Å². The highest BCUT2D eigenvalue weighted by atomic mass is 35.5. The Labute approximate surface area is 122 Å². The molecule has 0 amide bonds. The van der Waals surface area contributed by atoms with Crippen molar-refractivity contribution in [1.82, 2.24) is 10.3 Å². The highest BCUT2D eigenvalue weighted by molar-refractivity contribution is 6.32. The number of aromatic nitrogens is 1. The van der Waals surface area contributed by atoms with E-state index < -0.39 is 0 Å². The summed E-state index contributed by atoms with van der Waals surface area (Å²) in [6.45, 7) is 1.89. The molecule has 0 radical (unpaired) electrons. The molecule has 3 rings (SSSR count). The molecular formula is C15H15ClN2O2. The molecule has 1 aliphatic heterocycles. The molecule has 0 saturated carbocycles. The first-order chi connectivity index (χ1) is 9.83. The number of fused-ring (bicyclic) bond motifs is 1. The second kappa shape index (κ2) is 6.11. The number of nitrogens with zero attached hydrogens (tertiary/aromatic N) is 1. The van der Waals surface area contributed by atoms with Crippen molar-refractivity contribution in [1.29, 1.82) is 0 Å². The molecular weight excluding hydrogens is 276 g/mol. The Morgan fingerprint density at radius 3 is 2.85 bits per heavy atom. The lowest BCUT2D eigenvalue weighted by atomic mass is 10.2. The number of nitrogens with one attached hydrogen (secondary N) is 1. The van der Waals surface area contributed by atoms with Crippen LogP contribution in [-0.4, -0.2) is 18.3 Å². The lowest BCUT2D eigenvalue weighted by Crippen LogP contribution is -2.16. The fourth-order valence-electron chi connectivity index (χ4n) is 2.14. The van der Waals surface area contributed by atoms with Gasteiger partial charge in [0.1, 0.15) is 0 Å². The van der Waals surface area contributed by atoms with Crippen LogP contribution in [0.15, 0.2) is 36.7 Å². The molecule has 0 atom stereocenters. The van der Waals surface area contributed by atoms with Crippen molar-refractivity contribution in [2.75, 3.05) is 13.3 Å². The molecule has 0 unspecified atom stereocenters. The van der Waals surface area contributed by atoms with Gasteiger partial charge in [0.2, 0.25) is 6.79 Å². The van der Waals surface area contributed by atoms with E-state index in [-0.39, 0.29) is 6.79 Å². The standard InChI is InChI=1S/C15H15ClN2O2/c16-13-7-12(8-14-15(13)20-10-19-14)9-18-6-3-11-1-4-17-5-2-11/h1-2,4-5,7-8,18H,3,6,9-10H2. The average molecular weight is 291 g/mol. The zero-order valence-corrected chi connectivity index (χ0v) is 11.7. The first-order valence-corrected chi connectivity index (χ1v) is 6.88. The van der Waals surface area contributed by atoms with E-state index in [1.165, 1.54) is 5.56 Å². The SMILES string of the molecule is Clc1cc(CNCCc2ccncc2)cc2c1OCO2. The van der Waals surface area contributed by atoms with E-state index >= 15 is 0 Å². The topological polar surface area (TPSA) is 43.4 Å². The third-order valence-electron chi connectivity index (χ3n) is 3.16. The molecule has 1 aliphatic rings. The monoisotopic (exact) mass is 290 g/mol. The van der Waals surface area contributed by atoms with Crippen LogP contribution in [0.5, 0.6) is 11.5 Å². The van der Waals surface area contributed by atoms with Crippen LogP contribution in [0.1, 0.15) is 11.1 Å².